The van der Waals surface area contributed by atoms with Crippen molar-refractivity contribution in [1.29, 1.82) is 5.26 Å². The fourth-order valence-corrected chi connectivity index (χ4v) is 1.58. The molecule has 0 fully saturated rings. The van der Waals surface area contributed by atoms with Crippen molar-refractivity contribution in [3.63, 3.8) is 0 Å². The lowest BCUT2D eigenvalue weighted by Crippen LogP contribution is -2.11. The lowest BCUT2D eigenvalue weighted by molar-refractivity contribution is 0.413. The summed E-state index contributed by atoms with van der Waals surface area (Å²) in [7, 11) is 3.32. The topological polar surface area (TPSA) is 36.3 Å². The van der Waals surface area contributed by atoms with Crippen molar-refractivity contribution in [2.45, 2.75) is 13.5 Å². The molecule has 0 spiro atoms. The summed E-state index contributed by atoms with van der Waals surface area (Å²) < 4.78 is 5.10. The highest BCUT2D eigenvalue weighted by Crippen LogP contribution is 2.28. The van der Waals surface area contributed by atoms with Crippen molar-refractivity contribution < 1.29 is 4.74 Å². The zero-order valence-corrected chi connectivity index (χ0v) is 9.80. The number of hydrogen-bond acceptors (Lipinski definition) is 3. The lowest BCUT2D eigenvalue weighted by Gasteiger charge is -2.13. The molecule has 0 saturated heterocycles. The van der Waals surface area contributed by atoms with Gasteiger partial charge in [0.05, 0.1) is 18.7 Å². The maximum Gasteiger partial charge on any atom is 0.179 e. The van der Waals surface area contributed by atoms with Gasteiger partial charge in [0.25, 0.3) is 0 Å². The number of methoxy groups -OCH3 is 1. The average Bonchev–Trinajstić information content (AvgIpc) is 2.22. The maximum absolute atomic E-state index is 8.68. The second-order valence-corrected chi connectivity index (χ2v) is 3.78. The maximum atomic E-state index is 8.68. The summed E-state index contributed by atoms with van der Waals surface area (Å²) in [4.78, 5) is 1.55. The first-order valence-electron chi connectivity index (χ1n) is 4.52. The Hall–Kier alpha value is -1.40. The molecule has 15 heavy (non-hydrogen) atoms. The third kappa shape index (κ3) is 2.77. The first-order chi connectivity index (χ1) is 7.08. The largest absolute Gasteiger partial charge is 0.495 e. The molecular formula is C11H13ClN2O. The van der Waals surface area contributed by atoms with E-state index in [2.05, 4.69) is 0 Å². The van der Waals surface area contributed by atoms with Crippen molar-refractivity contribution in [2.24, 2.45) is 0 Å². The van der Waals surface area contributed by atoms with Gasteiger partial charge in [-0.15, -0.1) is 0 Å². The molecule has 1 aromatic rings. The van der Waals surface area contributed by atoms with Crippen LogP contribution in [0.15, 0.2) is 12.1 Å². The molecule has 0 bridgehead atoms. The van der Waals surface area contributed by atoms with Crippen LogP contribution in [0.5, 0.6) is 5.75 Å². The van der Waals surface area contributed by atoms with Crippen LogP contribution in [0.4, 0.5) is 0 Å². The quantitative estimate of drug-likeness (QED) is 0.585. The Morgan fingerprint density at radius 2 is 2.20 bits per heavy atom. The van der Waals surface area contributed by atoms with E-state index in [1.54, 1.807) is 19.1 Å². The fourth-order valence-electron chi connectivity index (χ4n) is 1.31. The van der Waals surface area contributed by atoms with Gasteiger partial charge in [-0.3, -0.25) is 0 Å². The highest BCUT2D eigenvalue weighted by molar-refractivity contribution is 6.32. The third-order valence-electron chi connectivity index (χ3n) is 2.19. The molecule has 0 heterocycles. The molecule has 1 aromatic carbocycles. The minimum absolute atomic E-state index is 0.562. The van der Waals surface area contributed by atoms with Crippen LogP contribution in [0.25, 0.3) is 0 Å². The summed E-state index contributed by atoms with van der Waals surface area (Å²) in [5, 5.41) is 9.25. The van der Waals surface area contributed by atoms with Gasteiger partial charge in [0, 0.05) is 7.05 Å². The first-order valence-corrected chi connectivity index (χ1v) is 4.90. The summed E-state index contributed by atoms with van der Waals surface area (Å²) in [5.74, 6) is 0.664. The molecule has 80 valence electrons. The summed E-state index contributed by atoms with van der Waals surface area (Å²) >= 11 is 6.00. The van der Waals surface area contributed by atoms with Crippen molar-refractivity contribution in [3.05, 3.63) is 28.3 Å². The van der Waals surface area contributed by atoms with Crippen molar-refractivity contribution in [3.8, 4) is 11.9 Å². The molecule has 0 aliphatic carbocycles. The van der Waals surface area contributed by atoms with Crippen LogP contribution in [0.1, 0.15) is 11.1 Å². The van der Waals surface area contributed by atoms with Crippen LogP contribution in [-0.4, -0.2) is 19.1 Å². The minimum atomic E-state index is 0.562. The second-order valence-electron chi connectivity index (χ2n) is 3.37. The second kappa shape index (κ2) is 4.90. The van der Waals surface area contributed by atoms with Crippen LogP contribution in [0, 0.1) is 18.4 Å². The predicted octanol–water partition coefficient (Wildman–Crippen LogP) is 2.57. The Labute approximate surface area is 94.8 Å². The van der Waals surface area contributed by atoms with Crippen LogP contribution >= 0.6 is 11.6 Å². The lowest BCUT2D eigenvalue weighted by atomic mass is 10.1. The van der Waals surface area contributed by atoms with Gasteiger partial charge in [-0.25, -0.2) is 0 Å². The SMILES string of the molecule is COc1cc(C)c(CN(C)C#N)cc1Cl. The number of rotatable bonds is 3. The monoisotopic (exact) mass is 224 g/mol. The molecule has 0 aromatic heterocycles. The van der Waals surface area contributed by atoms with Gasteiger partial charge >= 0.3 is 0 Å². The van der Waals surface area contributed by atoms with Crippen LogP contribution in [-0.2, 0) is 6.54 Å². The molecule has 0 saturated carbocycles. The molecule has 0 aliphatic heterocycles. The van der Waals surface area contributed by atoms with Crippen LogP contribution in [0.3, 0.4) is 0 Å². The predicted molar refractivity (Wildman–Crippen MR) is 59.8 cm³/mol. The third-order valence-corrected chi connectivity index (χ3v) is 2.48. The van der Waals surface area contributed by atoms with E-state index in [0.29, 0.717) is 17.3 Å². The minimum Gasteiger partial charge on any atom is -0.495 e. The van der Waals surface area contributed by atoms with Gasteiger partial charge < -0.3 is 9.64 Å². The van der Waals surface area contributed by atoms with Gasteiger partial charge in [-0.2, -0.15) is 5.26 Å². The molecule has 0 radical (unpaired) electrons. The first kappa shape index (κ1) is 11.7. The summed E-state index contributed by atoms with van der Waals surface area (Å²) in [6.45, 7) is 2.53. The van der Waals surface area contributed by atoms with E-state index in [1.165, 1.54) is 0 Å². The molecule has 0 amide bonds. The number of hydrogen-bond donors (Lipinski definition) is 0. The van der Waals surface area contributed by atoms with E-state index in [1.807, 2.05) is 25.2 Å². The number of benzene rings is 1. The van der Waals surface area contributed by atoms with Gasteiger partial charge in [0.15, 0.2) is 6.19 Å². The normalized spacial score (nSPS) is 9.53. The van der Waals surface area contributed by atoms with E-state index in [4.69, 9.17) is 21.6 Å². The molecule has 1 rings (SSSR count). The van der Waals surface area contributed by atoms with E-state index < -0.39 is 0 Å². The summed E-state index contributed by atoms with van der Waals surface area (Å²) in [6.07, 6.45) is 2.05. The van der Waals surface area contributed by atoms with Crippen LogP contribution in [0.2, 0.25) is 5.02 Å². The number of nitrogens with zero attached hydrogens (tertiary/aromatic N) is 2. The summed E-state index contributed by atoms with van der Waals surface area (Å²) in [5.41, 5.74) is 2.10. The van der Waals surface area contributed by atoms with Gasteiger partial charge in [0.2, 0.25) is 0 Å². The number of nitriles is 1. The molecule has 0 atom stereocenters. The van der Waals surface area contributed by atoms with Crippen molar-refractivity contribution in [2.75, 3.05) is 14.2 Å². The zero-order chi connectivity index (χ0) is 11.4. The Morgan fingerprint density at radius 3 is 2.73 bits per heavy atom. The van der Waals surface area contributed by atoms with Gasteiger partial charge in [0.1, 0.15) is 5.75 Å². The van der Waals surface area contributed by atoms with Crippen molar-refractivity contribution >= 4 is 11.6 Å². The van der Waals surface area contributed by atoms with E-state index in [0.717, 1.165) is 11.1 Å². The highest BCUT2D eigenvalue weighted by Gasteiger charge is 2.07. The molecule has 0 aliphatic rings. The Kier molecular flexibility index (Phi) is 3.81. The molecule has 3 nitrogen and oxygen atoms in total. The van der Waals surface area contributed by atoms with Crippen LogP contribution < -0.4 is 4.74 Å². The number of ether oxygens (including phenoxy) is 1. The van der Waals surface area contributed by atoms with Gasteiger partial charge in [-0.1, -0.05) is 11.6 Å². The number of aryl methyl sites for hydroxylation is 1. The van der Waals surface area contributed by atoms with Gasteiger partial charge in [-0.05, 0) is 30.2 Å². The molecule has 0 unspecified atom stereocenters. The van der Waals surface area contributed by atoms with E-state index in [9.17, 15) is 0 Å². The molecule has 4 heteroatoms. The molecular weight excluding hydrogens is 212 g/mol. The fraction of sp³-hybridized carbons (Fsp3) is 0.364. The summed E-state index contributed by atoms with van der Waals surface area (Å²) in [6, 6.07) is 3.71. The Morgan fingerprint density at radius 1 is 1.53 bits per heavy atom. The van der Waals surface area contributed by atoms with Crippen molar-refractivity contribution in [1.82, 2.24) is 4.90 Å². The van der Waals surface area contributed by atoms with E-state index >= 15 is 0 Å². The zero-order valence-electron chi connectivity index (χ0n) is 9.04. The Bertz CT molecular complexity index is 398. The standard InChI is InChI=1S/C11H13ClN2O/c1-8-4-11(15-3)10(12)5-9(8)6-14(2)7-13/h4-5H,6H2,1-3H3. The smallest absolute Gasteiger partial charge is 0.179 e. The highest BCUT2D eigenvalue weighted by atomic mass is 35.5. The Balaban J connectivity index is 3.01. The average molecular weight is 225 g/mol. The van der Waals surface area contributed by atoms with E-state index in [-0.39, 0.29) is 0 Å². The molecule has 0 N–H and O–H groups in total. The number of halogens is 1.